The zero-order chi connectivity index (χ0) is 18.0. The Labute approximate surface area is 154 Å². The maximum absolute atomic E-state index is 12.8. The van der Waals surface area contributed by atoms with Gasteiger partial charge in [0.25, 0.3) is 0 Å². The molecule has 0 unspecified atom stereocenters. The van der Waals surface area contributed by atoms with Crippen molar-refractivity contribution < 1.29 is 4.79 Å². The van der Waals surface area contributed by atoms with Crippen LogP contribution in [0, 0.1) is 0 Å². The normalized spacial score (nSPS) is 14.0. The molecule has 0 spiro atoms. The predicted octanol–water partition coefficient (Wildman–Crippen LogP) is 4.66. The van der Waals surface area contributed by atoms with E-state index in [1.54, 1.807) is 0 Å². The molecule has 0 aliphatic heterocycles. The summed E-state index contributed by atoms with van der Waals surface area (Å²) in [5.74, 6) is 0.0187. The summed E-state index contributed by atoms with van der Waals surface area (Å²) in [6, 6.07) is 15.9. The molecule has 0 amide bonds. The highest BCUT2D eigenvalue weighted by molar-refractivity contribution is 7.80. The van der Waals surface area contributed by atoms with Crippen LogP contribution in [0.1, 0.15) is 55.1 Å². The van der Waals surface area contributed by atoms with Crippen LogP contribution < -0.4 is 10.6 Å². The highest BCUT2D eigenvalue weighted by atomic mass is 32.1. The lowest BCUT2D eigenvalue weighted by Crippen LogP contribution is -2.30. The molecule has 1 saturated carbocycles. The highest BCUT2D eigenvalue weighted by Gasteiger charge is 2.21. The van der Waals surface area contributed by atoms with Gasteiger partial charge >= 0.3 is 0 Å². The van der Waals surface area contributed by atoms with Crippen LogP contribution in [0.4, 0.5) is 5.69 Å². The van der Waals surface area contributed by atoms with E-state index in [0.29, 0.717) is 22.3 Å². The second kappa shape index (κ2) is 6.96. The molecule has 2 N–H and O–H groups in total. The number of hydrogen-bond donors (Lipinski definition) is 2. The van der Waals surface area contributed by atoms with Gasteiger partial charge in [0, 0.05) is 22.9 Å². The molecule has 1 aliphatic carbocycles. The van der Waals surface area contributed by atoms with Crippen LogP contribution in [0.2, 0.25) is 0 Å². The summed E-state index contributed by atoms with van der Waals surface area (Å²) in [5, 5.41) is 7.01. The second-order valence-electron chi connectivity index (χ2n) is 7.61. The largest absolute Gasteiger partial charge is 0.360 e. The first kappa shape index (κ1) is 17.6. The summed E-state index contributed by atoms with van der Waals surface area (Å²) in [5.41, 5.74) is 3.48. The Bertz CT molecular complexity index is 786. The van der Waals surface area contributed by atoms with Crippen LogP contribution in [0.25, 0.3) is 0 Å². The Kier molecular flexibility index (Phi) is 4.91. The van der Waals surface area contributed by atoms with Crippen LogP contribution in [0.5, 0.6) is 0 Å². The second-order valence-corrected chi connectivity index (χ2v) is 8.02. The fourth-order valence-electron chi connectivity index (χ4n) is 2.61. The van der Waals surface area contributed by atoms with E-state index >= 15 is 0 Å². The number of rotatable bonds is 4. The Morgan fingerprint density at radius 3 is 2.32 bits per heavy atom. The standard InChI is InChI=1S/C21H24N2OS/c1-21(2,3)16-9-7-14(8-10-16)19(24)15-5-4-6-18(13-15)23-20(25)22-17-11-12-17/h4-10,13,17H,11-12H2,1-3H3,(H2,22,23,25). The van der Waals surface area contributed by atoms with Gasteiger partial charge in [-0.1, -0.05) is 57.2 Å². The minimum absolute atomic E-state index is 0.0187. The Hall–Kier alpha value is -2.20. The smallest absolute Gasteiger partial charge is 0.193 e. The van der Waals surface area contributed by atoms with Crippen molar-refractivity contribution in [2.45, 2.75) is 45.1 Å². The Balaban J connectivity index is 1.73. The number of carbonyl (C=O) groups excluding carboxylic acids is 1. The van der Waals surface area contributed by atoms with Crippen molar-refractivity contribution in [2.75, 3.05) is 5.32 Å². The number of thiocarbonyl (C=S) groups is 1. The molecule has 1 aliphatic rings. The fraction of sp³-hybridized carbons (Fsp3) is 0.333. The lowest BCUT2D eigenvalue weighted by Gasteiger charge is -2.19. The van der Waals surface area contributed by atoms with Crippen LogP contribution >= 0.6 is 12.2 Å². The molecule has 2 aromatic carbocycles. The number of carbonyl (C=O) groups is 1. The van der Waals surface area contributed by atoms with Gasteiger partial charge in [0.05, 0.1) is 0 Å². The van der Waals surface area contributed by atoms with Crippen LogP contribution in [-0.2, 0) is 5.41 Å². The number of nitrogens with one attached hydrogen (secondary N) is 2. The number of anilines is 1. The summed E-state index contributed by atoms with van der Waals surface area (Å²) in [6.45, 7) is 6.49. The van der Waals surface area contributed by atoms with Gasteiger partial charge in [0.15, 0.2) is 10.9 Å². The van der Waals surface area contributed by atoms with E-state index in [2.05, 4.69) is 31.4 Å². The first-order valence-electron chi connectivity index (χ1n) is 8.66. The third-order valence-electron chi connectivity index (χ3n) is 4.31. The van der Waals surface area contributed by atoms with Crippen LogP contribution in [0.15, 0.2) is 48.5 Å². The molecule has 2 aromatic rings. The molecule has 3 nitrogen and oxygen atoms in total. The number of ketones is 1. The SMILES string of the molecule is CC(C)(C)c1ccc(C(=O)c2cccc(NC(=S)NC3CC3)c2)cc1. The maximum Gasteiger partial charge on any atom is 0.193 e. The Morgan fingerprint density at radius 2 is 1.72 bits per heavy atom. The third-order valence-corrected chi connectivity index (χ3v) is 4.53. The van der Waals surface area contributed by atoms with Crippen LogP contribution in [-0.4, -0.2) is 16.9 Å². The lowest BCUT2D eigenvalue weighted by molar-refractivity contribution is 0.103. The quantitative estimate of drug-likeness (QED) is 0.620. The molecule has 0 heterocycles. The molecule has 0 bridgehead atoms. The number of benzene rings is 2. The van der Waals surface area contributed by atoms with Gasteiger partial charge in [-0.05, 0) is 48.2 Å². The van der Waals surface area contributed by atoms with Crippen molar-refractivity contribution in [3.63, 3.8) is 0 Å². The van der Waals surface area contributed by atoms with E-state index in [1.807, 2.05) is 48.5 Å². The van der Waals surface area contributed by atoms with Crippen molar-refractivity contribution >= 4 is 28.8 Å². The van der Waals surface area contributed by atoms with Gasteiger partial charge in [-0.2, -0.15) is 0 Å². The summed E-state index contributed by atoms with van der Waals surface area (Å²) in [7, 11) is 0. The van der Waals surface area contributed by atoms with Gasteiger partial charge < -0.3 is 10.6 Å². The molecule has 0 aromatic heterocycles. The molecule has 4 heteroatoms. The molecule has 1 fully saturated rings. The third kappa shape index (κ3) is 4.67. The molecule has 3 rings (SSSR count). The van der Waals surface area contributed by atoms with Crippen molar-refractivity contribution in [3.05, 3.63) is 65.2 Å². The van der Waals surface area contributed by atoms with Gasteiger partial charge in [-0.25, -0.2) is 0 Å². The topological polar surface area (TPSA) is 41.1 Å². The van der Waals surface area contributed by atoms with E-state index in [4.69, 9.17) is 12.2 Å². The van der Waals surface area contributed by atoms with Gasteiger partial charge in [-0.3, -0.25) is 4.79 Å². The van der Waals surface area contributed by atoms with E-state index in [0.717, 1.165) is 5.69 Å². The molecule has 0 atom stereocenters. The first-order valence-corrected chi connectivity index (χ1v) is 9.06. The van der Waals surface area contributed by atoms with Crippen LogP contribution in [0.3, 0.4) is 0 Å². The van der Waals surface area contributed by atoms with E-state index < -0.39 is 0 Å². The molecule has 25 heavy (non-hydrogen) atoms. The molecular weight excluding hydrogens is 328 g/mol. The zero-order valence-corrected chi connectivity index (χ0v) is 15.7. The van der Waals surface area contributed by atoms with E-state index in [-0.39, 0.29) is 11.2 Å². The average Bonchev–Trinajstić information content (AvgIpc) is 3.37. The van der Waals surface area contributed by atoms with Crippen molar-refractivity contribution in [2.24, 2.45) is 0 Å². The van der Waals surface area contributed by atoms with Gasteiger partial charge in [0.1, 0.15) is 0 Å². The van der Waals surface area contributed by atoms with Crippen molar-refractivity contribution in [3.8, 4) is 0 Å². The molecular formula is C21H24N2OS. The minimum atomic E-state index is 0.0187. The summed E-state index contributed by atoms with van der Waals surface area (Å²) in [4.78, 5) is 12.8. The molecule has 0 saturated heterocycles. The van der Waals surface area contributed by atoms with Crippen molar-refractivity contribution in [1.82, 2.24) is 5.32 Å². The monoisotopic (exact) mass is 352 g/mol. The van der Waals surface area contributed by atoms with Gasteiger partial charge in [-0.15, -0.1) is 0 Å². The average molecular weight is 353 g/mol. The molecule has 130 valence electrons. The van der Waals surface area contributed by atoms with E-state index in [1.165, 1.54) is 18.4 Å². The predicted molar refractivity (Wildman–Crippen MR) is 107 cm³/mol. The maximum atomic E-state index is 12.8. The minimum Gasteiger partial charge on any atom is -0.360 e. The summed E-state index contributed by atoms with van der Waals surface area (Å²) in [6.07, 6.45) is 2.34. The van der Waals surface area contributed by atoms with Gasteiger partial charge in [0.2, 0.25) is 0 Å². The zero-order valence-electron chi connectivity index (χ0n) is 14.9. The fourth-order valence-corrected chi connectivity index (χ4v) is 2.89. The first-order chi connectivity index (χ1) is 11.8. The van der Waals surface area contributed by atoms with Crippen molar-refractivity contribution in [1.29, 1.82) is 0 Å². The number of hydrogen-bond acceptors (Lipinski definition) is 2. The summed E-state index contributed by atoms with van der Waals surface area (Å²) >= 11 is 5.30. The highest BCUT2D eigenvalue weighted by Crippen LogP contribution is 2.23. The summed E-state index contributed by atoms with van der Waals surface area (Å²) < 4.78 is 0. The lowest BCUT2D eigenvalue weighted by atomic mass is 9.86. The Morgan fingerprint density at radius 1 is 1.04 bits per heavy atom. The molecule has 0 radical (unpaired) electrons. The van der Waals surface area contributed by atoms with E-state index in [9.17, 15) is 4.79 Å².